The molecule has 1 aliphatic rings. The van der Waals surface area contributed by atoms with Gasteiger partial charge in [-0.15, -0.1) is 0 Å². The minimum atomic E-state index is -0.658. The summed E-state index contributed by atoms with van der Waals surface area (Å²) >= 11 is 3.52. The van der Waals surface area contributed by atoms with Gasteiger partial charge in [0.2, 0.25) is 0 Å². The highest BCUT2D eigenvalue weighted by Crippen LogP contribution is 2.36. The molecule has 1 aromatic carbocycles. The summed E-state index contributed by atoms with van der Waals surface area (Å²) in [6.07, 6.45) is 3.37. The molecule has 0 amide bonds. The fourth-order valence-electron chi connectivity index (χ4n) is 2.79. The Kier molecular flexibility index (Phi) is 5.65. The van der Waals surface area contributed by atoms with Crippen LogP contribution in [0, 0.1) is 0 Å². The number of esters is 1. The number of ether oxygens (including phenoxy) is 2. The average Bonchev–Trinajstić information content (AvgIpc) is 2.50. The number of methoxy groups -OCH3 is 1. The van der Waals surface area contributed by atoms with Crippen LogP contribution in [0.25, 0.3) is 0 Å². The molecule has 0 bridgehead atoms. The fourth-order valence-corrected chi connectivity index (χ4v) is 3.17. The molecular weight excluding hydrogens is 334 g/mol. The number of nitrogens with one attached hydrogen (secondary N) is 1. The van der Waals surface area contributed by atoms with Crippen LogP contribution < -0.4 is 5.32 Å². The van der Waals surface area contributed by atoms with Gasteiger partial charge in [0.15, 0.2) is 0 Å². The largest absolute Gasteiger partial charge is 0.464 e. The molecule has 5 heteroatoms. The van der Waals surface area contributed by atoms with Crippen LogP contribution in [0.3, 0.4) is 0 Å². The normalized spacial score (nSPS) is 25.4. The van der Waals surface area contributed by atoms with E-state index in [9.17, 15) is 4.79 Å². The Morgan fingerprint density at radius 2 is 2.05 bits per heavy atom. The molecule has 0 atom stereocenters. The van der Waals surface area contributed by atoms with E-state index in [0.717, 1.165) is 23.0 Å². The molecule has 0 radical (unpaired) electrons. The van der Waals surface area contributed by atoms with Crippen molar-refractivity contribution in [3.63, 3.8) is 0 Å². The quantitative estimate of drug-likeness (QED) is 0.817. The number of carbonyl (C=O) groups excluding carboxylic acids is 1. The lowest BCUT2D eigenvalue weighted by atomic mass is 9.80. The zero-order chi connectivity index (χ0) is 15.3. The Morgan fingerprint density at radius 3 is 2.62 bits per heavy atom. The van der Waals surface area contributed by atoms with Crippen molar-refractivity contribution in [3.8, 4) is 0 Å². The number of rotatable bonds is 5. The van der Waals surface area contributed by atoms with Gasteiger partial charge in [0.1, 0.15) is 5.54 Å². The minimum absolute atomic E-state index is 0.171. The molecule has 0 aromatic heterocycles. The summed E-state index contributed by atoms with van der Waals surface area (Å²) in [7, 11) is 1.73. The molecule has 1 saturated carbocycles. The summed E-state index contributed by atoms with van der Waals surface area (Å²) in [5, 5.41) is 3.41. The van der Waals surface area contributed by atoms with Crippen molar-refractivity contribution in [2.24, 2.45) is 0 Å². The highest BCUT2D eigenvalue weighted by Gasteiger charge is 2.43. The summed E-state index contributed by atoms with van der Waals surface area (Å²) < 4.78 is 11.7. The molecule has 1 aromatic rings. The van der Waals surface area contributed by atoms with E-state index < -0.39 is 5.54 Å². The predicted octanol–water partition coefficient (Wildman–Crippen LogP) is 3.75. The smallest absolute Gasteiger partial charge is 0.331 e. The van der Waals surface area contributed by atoms with Crippen LogP contribution in [0.1, 0.15) is 32.6 Å². The number of halogens is 1. The van der Waals surface area contributed by atoms with Crippen molar-refractivity contribution in [2.75, 3.05) is 19.0 Å². The van der Waals surface area contributed by atoms with E-state index in [1.807, 2.05) is 31.2 Å². The van der Waals surface area contributed by atoms with Gasteiger partial charge in [-0.1, -0.05) is 12.1 Å². The second-order valence-electron chi connectivity index (χ2n) is 5.34. The van der Waals surface area contributed by atoms with Gasteiger partial charge < -0.3 is 14.8 Å². The van der Waals surface area contributed by atoms with Crippen LogP contribution in [0.2, 0.25) is 0 Å². The van der Waals surface area contributed by atoms with Gasteiger partial charge in [0, 0.05) is 17.3 Å². The standard InChI is InChI=1S/C16H22BrNO3/c1-3-21-15(19)16(10-8-12(20-2)9-11-16)18-14-7-5-4-6-13(14)17/h4-7,12,18H,3,8-11H2,1-2H3. The maximum absolute atomic E-state index is 12.5. The fraction of sp³-hybridized carbons (Fsp3) is 0.562. The minimum Gasteiger partial charge on any atom is -0.464 e. The van der Waals surface area contributed by atoms with Gasteiger partial charge in [0.05, 0.1) is 12.7 Å². The van der Waals surface area contributed by atoms with Crippen molar-refractivity contribution in [1.82, 2.24) is 0 Å². The van der Waals surface area contributed by atoms with Crippen LogP contribution in [0.5, 0.6) is 0 Å². The number of hydrogen-bond acceptors (Lipinski definition) is 4. The molecule has 1 aliphatic carbocycles. The first-order valence-electron chi connectivity index (χ1n) is 7.34. The Morgan fingerprint density at radius 1 is 1.38 bits per heavy atom. The molecule has 0 aliphatic heterocycles. The van der Waals surface area contributed by atoms with E-state index >= 15 is 0 Å². The Hall–Kier alpha value is -1.07. The van der Waals surface area contributed by atoms with Crippen LogP contribution in [0.4, 0.5) is 5.69 Å². The summed E-state index contributed by atoms with van der Waals surface area (Å²) in [6, 6.07) is 7.83. The summed E-state index contributed by atoms with van der Waals surface area (Å²) in [6.45, 7) is 2.23. The number of anilines is 1. The van der Waals surface area contributed by atoms with Crippen molar-refractivity contribution in [1.29, 1.82) is 0 Å². The van der Waals surface area contributed by atoms with Gasteiger partial charge in [0.25, 0.3) is 0 Å². The third kappa shape index (κ3) is 3.77. The van der Waals surface area contributed by atoms with Crippen LogP contribution in [0.15, 0.2) is 28.7 Å². The van der Waals surface area contributed by atoms with E-state index in [1.54, 1.807) is 7.11 Å². The maximum atomic E-state index is 12.5. The summed E-state index contributed by atoms with van der Waals surface area (Å²) in [4.78, 5) is 12.5. The molecule has 0 unspecified atom stereocenters. The number of carbonyl (C=O) groups is 1. The molecule has 1 N–H and O–H groups in total. The van der Waals surface area contributed by atoms with E-state index in [4.69, 9.17) is 9.47 Å². The molecule has 116 valence electrons. The average molecular weight is 356 g/mol. The van der Waals surface area contributed by atoms with Crippen LogP contribution >= 0.6 is 15.9 Å². The third-order valence-electron chi connectivity index (χ3n) is 4.03. The first-order valence-corrected chi connectivity index (χ1v) is 8.13. The van der Waals surface area contributed by atoms with Crippen molar-refractivity contribution in [3.05, 3.63) is 28.7 Å². The first kappa shape index (κ1) is 16.3. The zero-order valence-electron chi connectivity index (χ0n) is 12.5. The van der Waals surface area contributed by atoms with Gasteiger partial charge >= 0.3 is 5.97 Å². The van der Waals surface area contributed by atoms with E-state index in [-0.39, 0.29) is 12.1 Å². The second kappa shape index (κ2) is 7.27. The third-order valence-corrected chi connectivity index (χ3v) is 4.72. The highest BCUT2D eigenvalue weighted by molar-refractivity contribution is 9.10. The lowest BCUT2D eigenvalue weighted by Gasteiger charge is -2.39. The molecule has 2 rings (SSSR count). The molecule has 0 saturated heterocycles. The van der Waals surface area contributed by atoms with Gasteiger partial charge in [-0.3, -0.25) is 0 Å². The molecule has 1 fully saturated rings. The monoisotopic (exact) mass is 355 g/mol. The topological polar surface area (TPSA) is 47.6 Å². The first-order chi connectivity index (χ1) is 10.1. The lowest BCUT2D eigenvalue weighted by molar-refractivity contribution is -0.150. The van der Waals surface area contributed by atoms with Crippen molar-refractivity contribution in [2.45, 2.75) is 44.2 Å². The predicted molar refractivity (Wildman–Crippen MR) is 86.4 cm³/mol. The number of para-hydroxylation sites is 1. The molecule has 0 heterocycles. The molecular formula is C16H22BrNO3. The molecule has 0 spiro atoms. The van der Waals surface area contributed by atoms with Gasteiger partial charge in [-0.25, -0.2) is 4.79 Å². The molecule has 21 heavy (non-hydrogen) atoms. The highest BCUT2D eigenvalue weighted by atomic mass is 79.9. The number of hydrogen-bond donors (Lipinski definition) is 1. The van der Waals surface area contributed by atoms with Crippen LogP contribution in [-0.2, 0) is 14.3 Å². The zero-order valence-corrected chi connectivity index (χ0v) is 14.1. The maximum Gasteiger partial charge on any atom is 0.331 e. The molecule has 4 nitrogen and oxygen atoms in total. The van der Waals surface area contributed by atoms with Gasteiger partial charge in [-0.2, -0.15) is 0 Å². The Bertz CT molecular complexity index is 484. The van der Waals surface area contributed by atoms with Crippen LogP contribution in [-0.4, -0.2) is 31.3 Å². The summed E-state index contributed by atoms with van der Waals surface area (Å²) in [5.74, 6) is -0.171. The Labute approximate surface area is 134 Å². The van der Waals surface area contributed by atoms with E-state index in [2.05, 4.69) is 21.2 Å². The Balaban J connectivity index is 2.21. The summed E-state index contributed by atoms with van der Waals surface area (Å²) in [5.41, 5.74) is 0.260. The van der Waals surface area contributed by atoms with Crippen molar-refractivity contribution < 1.29 is 14.3 Å². The van der Waals surface area contributed by atoms with Crippen molar-refractivity contribution >= 4 is 27.6 Å². The second-order valence-corrected chi connectivity index (χ2v) is 6.20. The lowest BCUT2D eigenvalue weighted by Crippen LogP contribution is -2.51. The SMILES string of the molecule is CCOC(=O)C1(Nc2ccccc2Br)CCC(OC)CC1. The van der Waals surface area contributed by atoms with Gasteiger partial charge in [-0.05, 0) is 60.7 Å². The van der Waals surface area contributed by atoms with E-state index in [0.29, 0.717) is 19.4 Å². The number of benzene rings is 1. The van der Waals surface area contributed by atoms with E-state index in [1.165, 1.54) is 0 Å².